The summed E-state index contributed by atoms with van der Waals surface area (Å²) in [6, 6.07) is 7.43. The number of carbonyl (C=O) groups excluding carboxylic acids is 1. The van der Waals surface area contributed by atoms with Gasteiger partial charge >= 0.3 is 0 Å². The predicted octanol–water partition coefficient (Wildman–Crippen LogP) is 5.20. The zero-order chi connectivity index (χ0) is 19.3. The minimum atomic E-state index is 0.0505. The van der Waals surface area contributed by atoms with Gasteiger partial charge in [-0.3, -0.25) is 4.79 Å². The SMILES string of the molecule is CCCCCCCCCCCCC(=O)Nc1cccc(-n2nnnc2S)c1. The number of nitrogens with zero attached hydrogens (tertiary/aromatic N) is 4. The zero-order valence-corrected chi connectivity index (χ0v) is 17.1. The van der Waals surface area contributed by atoms with Gasteiger partial charge in [0.25, 0.3) is 0 Å². The first-order valence-electron chi connectivity index (χ1n) is 10.1. The lowest BCUT2D eigenvalue weighted by Crippen LogP contribution is -2.11. The van der Waals surface area contributed by atoms with E-state index in [9.17, 15) is 4.79 Å². The van der Waals surface area contributed by atoms with Crippen molar-refractivity contribution in [3.63, 3.8) is 0 Å². The Morgan fingerprint density at radius 1 is 1.04 bits per heavy atom. The van der Waals surface area contributed by atoms with Gasteiger partial charge in [0.15, 0.2) is 0 Å². The molecular weight excluding hydrogens is 358 g/mol. The van der Waals surface area contributed by atoms with Crippen molar-refractivity contribution in [3.8, 4) is 5.69 Å². The Balaban J connectivity index is 1.60. The van der Waals surface area contributed by atoms with Crippen LogP contribution in [-0.2, 0) is 4.79 Å². The van der Waals surface area contributed by atoms with Gasteiger partial charge in [0.2, 0.25) is 11.1 Å². The first-order valence-corrected chi connectivity index (χ1v) is 10.5. The second-order valence-electron chi connectivity index (χ2n) is 6.92. The molecule has 0 aliphatic rings. The number of carbonyl (C=O) groups is 1. The number of tetrazole rings is 1. The summed E-state index contributed by atoms with van der Waals surface area (Å²) in [7, 11) is 0. The van der Waals surface area contributed by atoms with Crippen molar-refractivity contribution in [2.45, 2.75) is 82.7 Å². The Bertz CT molecular complexity index is 689. The van der Waals surface area contributed by atoms with Crippen LogP contribution in [0.4, 0.5) is 5.69 Å². The van der Waals surface area contributed by atoms with E-state index in [1.54, 1.807) is 0 Å². The van der Waals surface area contributed by atoms with Gasteiger partial charge < -0.3 is 5.32 Å². The largest absolute Gasteiger partial charge is 0.326 e. The first-order chi connectivity index (χ1) is 13.2. The van der Waals surface area contributed by atoms with Gasteiger partial charge in [0, 0.05) is 12.1 Å². The number of amides is 1. The average molecular weight is 390 g/mol. The molecule has 1 N–H and O–H groups in total. The molecule has 0 bridgehead atoms. The van der Waals surface area contributed by atoms with Crippen molar-refractivity contribution in [2.75, 3.05) is 5.32 Å². The van der Waals surface area contributed by atoms with E-state index < -0.39 is 0 Å². The average Bonchev–Trinajstić information content (AvgIpc) is 3.09. The van der Waals surface area contributed by atoms with E-state index in [1.165, 1.54) is 56.0 Å². The summed E-state index contributed by atoms with van der Waals surface area (Å²) >= 11 is 4.21. The number of anilines is 1. The lowest BCUT2D eigenvalue weighted by Gasteiger charge is -2.08. The number of rotatable bonds is 13. The Labute approximate surface area is 167 Å². The molecule has 1 heterocycles. The number of aromatic nitrogens is 4. The Kier molecular flexibility index (Phi) is 9.90. The molecule has 1 aromatic heterocycles. The number of nitrogens with one attached hydrogen (secondary N) is 1. The molecular formula is C20H31N5OS. The van der Waals surface area contributed by atoms with Crippen molar-refractivity contribution in [1.29, 1.82) is 0 Å². The van der Waals surface area contributed by atoms with Crippen LogP contribution in [0.5, 0.6) is 0 Å². The Morgan fingerprint density at radius 2 is 1.70 bits per heavy atom. The molecule has 27 heavy (non-hydrogen) atoms. The molecule has 0 fully saturated rings. The number of hydrogen-bond donors (Lipinski definition) is 2. The van der Waals surface area contributed by atoms with Gasteiger partial charge in [-0.05, 0) is 35.0 Å². The van der Waals surface area contributed by atoms with E-state index in [4.69, 9.17) is 0 Å². The van der Waals surface area contributed by atoms with E-state index in [0.717, 1.165) is 24.2 Å². The third-order valence-electron chi connectivity index (χ3n) is 4.58. The maximum atomic E-state index is 12.1. The molecule has 148 valence electrons. The molecule has 0 unspecified atom stereocenters. The summed E-state index contributed by atoms with van der Waals surface area (Å²) in [5, 5.41) is 14.6. The molecule has 0 saturated heterocycles. The van der Waals surface area contributed by atoms with Gasteiger partial charge in [0.05, 0.1) is 5.69 Å². The third kappa shape index (κ3) is 8.12. The van der Waals surface area contributed by atoms with Crippen LogP contribution in [0.2, 0.25) is 0 Å². The molecule has 1 aromatic carbocycles. The van der Waals surface area contributed by atoms with Crippen molar-refractivity contribution >= 4 is 24.2 Å². The van der Waals surface area contributed by atoms with Gasteiger partial charge in [-0.15, -0.1) is 17.7 Å². The van der Waals surface area contributed by atoms with Crippen LogP contribution in [0.1, 0.15) is 77.6 Å². The van der Waals surface area contributed by atoms with Gasteiger partial charge in [0.1, 0.15) is 0 Å². The summed E-state index contributed by atoms with van der Waals surface area (Å²) in [5.74, 6) is 0.0505. The van der Waals surface area contributed by atoms with E-state index in [1.807, 2.05) is 24.3 Å². The molecule has 6 nitrogen and oxygen atoms in total. The van der Waals surface area contributed by atoms with Crippen LogP contribution in [0.3, 0.4) is 0 Å². The standard InChI is InChI=1S/C20H31N5OS/c1-2-3-4-5-6-7-8-9-10-11-15-19(26)21-17-13-12-14-18(16-17)25-20(27)22-23-24-25/h12-14,16H,2-11,15H2,1H3,(H,21,26)(H,22,24,27). The van der Waals surface area contributed by atoms with Crippen molar-refractivity contribution < 1.29 is 4.79 Å². The van der Waals surface area contributed by atoms with Crippen LogP contribution < -0.4 is 5.32 Å². The topological polar surface area (TPSA) is 72.7 Å². The first kappa shape index (κ1) is 21.4. The molecule has 0 atom stereocenters. The molecule has 0 spiro atoms. The second-order valence-corrected chi connectivity index (χ2v) is 7.32. The molecule has 7 heteroatoms. The number of unbranched alkanes of at least 4 members (excludes halogenated alkanes) is 9. The summed E-state index contributed by atoms with van der Waals surface area (Å²) in [5.41, 5.74) is 1.51. The van der Waals surface area contributed by atoms with Gasteiger partial charge in [-0.25, -0.2) is 0 Å². The van der Waals surface area contributed by atoms with Crippen LogP contribution >= 0.6 is 12.6 Å². The van der Waals surface area contributed by atoms with Crippen molar-refractivity contribution in [2.24, 2.45) is 0 Å². The normalized spacial score (nSPS) is 10.9. The Morgan fingerprint density at radius 3 is 2.33 bits per heavy atom. The number of benzene rings is 1. The smallest absolute Gasteiger partial charge is 0.224 e. The fourth-order valence-electron chi connectivity index (χ4n) is 3.06. The van der Waals surface area contributed by atoms with Crippen molar-refractivity contribution in [3.05, 3.63) is 24.3 Å². The molecule has 0 aliphatic carbocycles. The zero-order valence-electron chi connectivity index (χ0n) is 16.2. The lowest BCUT2D eigenvalue weighted by atomic mass is 10.1. The highest BCUT2D eigenvalue weighted by atomic mass is 32.1. The molecule has 2 aromatic rings. The monoisotopic (exact) mass is 389 g/mol. The maximum absolute atomic E-state index is 12.1. The van der Waals surface area contributed by atoms with Crippen LogP contribution in [0.25, 0.3) is 5.69 Å². The fourth-order valence-corrected chi connectivity index (χ4v) is 3.26. The second kappa shape index (κ2) is 12.5. The summed E-state index contributed by atoms with van der Waals surface area (Å²) in [6.07, 6.45) is 13.2. The molecule has 2 rings (SSSR count). The molecule has 0 radical (unpaired) electrons. The van der Waals surface area contributed by atoms with E-state index in [-0.39, 0.29) is 5.91 Å². The van der Waals surface area contributed by atoms with Crippen LogP contribution in [0, 0.1) is 0 Å². The van der Waals surface area contributed by atoms with Gasteiger partial charge in [-0.2, -0.15) is 4.68 Å². The summed E-state index contributed by atoms with van der Waals surface area (Å²) in [6.45, 7) is 2.25. The van der Waals surface area contributed by atoms with E-state index in [0.29, 0.717) is 11.6 Å². The molecule has 0 saturated carbocycles. The lowest BCUT2D eigenvalue weighted by molar-refractivity contribution is -0.116. The molecule has 0 aliphatic heterocycles. The van der Waals surface area contributed by atoms with Crippen molar-refractivity contribution in [1.82, 2.24) is 20.2 Å². The highest BCUT2D eigenvalue weighted by Crippen LogP contribution is 2.17. The fraction of sp³-hybridized carbons (Fsp3) is 0.600. The Hall–Kier alpha value is -1.89. The quantitative estimate of drug-likeness (QED) is 0.365. The third-order valence-corrected chi connectivity index (χ3v) is 4.86. The number of thiol groups is 1. The van der Waals surface area contributed by atoms with Gasteiger partial charge in [-0.1, -0.05) is 70.8 Å². The minimum absolute atomic E-state index is 0.0505. The minimum Gasteiger partial charge on any atom is -0.326 e. The highest BCUT2D eigenvalue weighted by molar-refractivity contribution is 7.80. The summed E-state index contributed by atoms with van der Waals surface area (Å²) < 4.78 is 1.51. The maximum Gasteiger partial charge on any atom is 0.224 e. The number of hydrogen-bond acceptors (Lipinski definition) is 5. The molecule has 1 amide bonds. The predicted molar refractivity (Wildman–Crippen MR) is 111 cm³/mol. The highest BCUT2D eigenvalue weighted by Gasteiger charge is 2.07. The van der Waals surface area contributed by atoms with E-state index >= 15 is 0 Å². The van der Waals surface area contributed by atoms with Crippen LogP contribution in [0.15, 0.2) is 29.4 Å². The summed E-state index contributed by atoms with van der Waals surface area (Å²) in [4.78, 5) is 12.1. The van der Waals surface area contributed by atoms with Crippen LogP contribution in [-0.4, -0.2) is 26.1 Å². The van der Waals surface area contributed by atoms with E-state index in [2.05, 4.69) is 40.4 Å².